The van der Waals surface area contributed by atoms with Crippen LogP contribution in [0.3, 0.4) is 0 Å². The summed E-state index contributed by atoms with van der Waals surface area (Å²) in [6.45, 7) is 6.26. The first kappa shape index (κ1) is 18.6. The highest BCUT2D eigenvalue weighted by atomic mass is 32.2. The normalized spacial score (nSPS) is 14.2. The molecule has 2 atom stereocenters. The highest BCUT2D eigenvalue weighted by Crippen LogP contribution is 2.17. The summed E-state index contributed by atoms with van der Waals surface area (Å²) in [7, 11) is -1.01. The van der Waals surface area contributed by atoms with Crippen molar-refractivity contribution in [2.24, 2.45) is 5.41 Å². The fraction of sp³-hybridized carbons (Fsp3) is 0.562. The average molecular weight is 326 g/mol. The predicted octanol–water partition coefficient (Wildman–Crippen LogP) is 1.64. The van der Waals surface area contributed by atoms with Gasteiger partial charge in [-0.2, -0.15) is 0 Å². The minimum Gasteiger partial charge on any atom is -0.391 e. The van der Waals surface area contributed by atoms with Crippen LogP contribution in [0.4, 0.5) is 4.79 Å². The van der Waals surface area contributed by atoms with Crippen LogP contribution < -0.4 is 10.6 Å². The molecule has 6 heteroatoms. The number of hydrogen-bond acceptors (Lipinski definition) is 3. The number of carbonyl (C=O) groups is 1. The van der Waals surface area contributed by atoms with Crippen LogP contribution in [0.5, 0.6) is 0 Å². The van der Waals surface area contributed by atoms with E-state index in [4.69, 9.17) is 0 Å². The minimum atomic E-state index is -1.01. The molecule has 5 nitrogen and oxygen atoms in total. The van der Waals surface area contributed by atoms with E-state index in [1.165, 1.54) is 0 Å². The van der Waals surface area contributed by atoms with Crippen molar-refractivity contribution in [1.29, 1.82) is 0 Å². The maximum atomic E-state index is 11.9. The number of carbonyl (C=O) groups excluding carboxylic acids is 1. The lowest BCUT2D eigenvalue weighted by Crippen LogP contribution is -2.44. The van der Waals surface area contributed by atoms with E-state index >= 15 is 0 Å². The van der Waals surface area contributed by atoms with E-state index in [0.717, 1.165) is 5.56 Å². The lowest BCUT2D eigenvalue weighted by Gasteiger charge is -2.25. The van der Waals surface area contributed by atoms with Gasteiger partial charge in [0.2, 0.25) is 0 Å². The molecule has 0 saturated carbocycles. The third-order valence-corrected chi connectivity index (χ3v) is 4.56. The molecular formula is C16H26N2O3S. The summed E-state index contributed by atoms with van der Waals surface area (Å²) >= 11 is 0. The standard InChI is InChI=1S/C16H26N2O3S/c1-16(2,3)14(19)11-18-15(20)17-9-10-22(21)12-13-7-5-4-6-8-13/h4-8,14,19H,9-12H2,1-3H3,(H2,17,18,20). The van der Waals surface area contributed by atoms with Gasteiger partial charge < -0.3 is 15.7 Å². The number of benzene rings is 1. The number of urea groups is 1. The van der Waals surface area contributed by atoms with Crippen LogP contribution in [0.25, 0.3) is 0 Å². The molecule has 0 fully saturated rings. The Morgan fingerprint density at radius 3 is 2.45 bits per heavy atom. The van der Waals surface area contributed by atoms with Crippen molar-refractivity contribution in [3.8, 4) is 0 Å². The van der Waals surface area contributed by atoms with Crippen molar-refractivity contribution in [3.05, 3.63) is 35.9 Å². The van der Waals surface area contributed by atoms with Gasteiger partial charge in [-0.05, 0) is 11.0 Å². The number of rotatable bonds is 7. The third kappa shape index (κ3) is 7.56. The lowest BCUT2D eigenvalue weighted by atomic mass is 9.89. The second-order valence-electron chi connectivity index (χ2n) is 6.29. The van der Waals surface area contributed by atoms with Gasteiger partial charge >= 0.3 is 6.03 Å². The maximum Gasteiger partial charge on any atom is 0.314 e. The van der Waals surface area contributed by atoms with Gasteiger partial charge in [-0.15, -0.1) is 0 Å². The van der Waals surface area contributed by atoms with Crippen LogP contribution in [0.2, 0.25) is 0 Å². The molecule has 2 amide bonds. The first-order chi connectivity index (χ1) is 10.3. The number of hydrogen-bond donors (Lipinski definition) is 3. The molecule has 1 rings (SSSR count). The molecule has 0 aliphatic carbocycles. The molecule has 0 bridgehead atoms. The summed E-state index contributed by atoms with van der Waals surface area (Å²) in [4.78, 5) is 11.6. The van der Waals surface area contributed by atoms with E-state index in [-0.39, 0.29) is 18.0 Å². The molecular weight excluding hydrogens is 300 g/mol. The Balaban J connectivity index is 2.18. The van der Waals surface area contributed by atoms with Gasteiger partial charge in [0, 0.05) is 35.4 Å². The summed E-state index contributed by atoms with van der Waals surface area (Å²) in [6.07, 6.45) is -0.606. The van der Waals surface area contributed by atoms with E-state index in [9.17, 15) is 14.1 Å². The van der Waals surface area contributed by atoms with E-state index in [1.807, 2.05) is 51.1 Å². The molecule has 2 unspecified atom stereocenters. The summed E-state index contributed by atoms with van der Waals surface area (Å²) in [6, 6.07) is 9.28. The lowest BCUT2D eigenvalue weighted by molar-refractivity contribution is 0.0650. The van der Waals surface area contributed by atoms with Gasteiger partial charge in [0.05, 0.1) is 6.10 Å². The van der Waals surface area contributed by atoms with Crippen molar-refractivity contribution < 1.29 is 14.1 Å². The summed E-state index contributed by atoms with van der Waals surface area (Å²) in [5.41, 5.74) is 0.753. The topological polar surface area (TPSA) is 78.4 Å². The smallest absolute Gasteiger partial charge is 0.314 e. The minimum absolute atomic E-state index is 0.197. The number of aliphatic hydroxyl groups is 1. The summed E-state index contributed by atoms with van der Waals surface area (Å²) < 4.78 is 11.9. The van der Waals surface area contributed by atoms with Gasteiger partial charge in [0.15, 0.2) is 0 Å². The van der Waals surface area contributed by atoms with Crippen molar-refractivity contribution >= 4 is 16.8 Å². The Morgan fingerprint density at radius 2 is 1.86 bits per heavy atom. The van der Waals surface area contributed by atoms with Gasteiger partial charge in [-0.25, -0.2) is 4.79 Å². The van der Waals surface area contributed by atoms with E-state index in [0.29, 0.717) is 18.1 Å². The van der Waals surface area contributed by atoms with Crippen LogP contribution in [0.1, 0.15) is 26.3 Å². The second-order valence-corrected chi connectivity index (χ2v) is 7.87. The number of amides is 2. The molecule has 1 aromatic rings. The van der Waals surface area contributed by atoms with E-state index in [1.54, 1.807) is 0 Å². The molecule has 0 heterocycles. The van der Waals surface area contributed by atoms with Crippen LogP contribution in [-0.4, -0.2) is 40.3 Å². The van der Waals surface area contributed by atoms with Crippen molar-refractivity contribution in [3.63, 3.8) is 0 Å². The Hall–Kier alpha value is -1.40. The van der Waals surface area contributed by atoms with Gasteiger partial charge in [-0.1, -0.05) is 51.1 Å². The first-order valence-corrected chi connectivity index (χ1v) is 8.86. The van der Waals surface area contributed by atoms with Crippen LogP contribution in [0, 0.1) is 5.41 Å². The molecule has 3 N–H and O–H groups in total. The van der Waals surface area contributed by atoms with E-state index in [2.05, 4.69) is 10.6 Å². The fourth-order valence-corrected chi connectivity index (χ4v) is 2.71. The second kappa shape index (κ2) is 8.90. The quantitative estimate of drug-likeness (QED) is 0.713. The Bertz CT molecular complexity index is 486. The van der Waals surface area contributed by atoms with Gasteiger partial charge in [0.1, 0.15) is 0 Å². The molecule has 124 valence electrons. The zero-order valence-electron chi connectivity index (χ0n) is 13.5. The Labute approximate surface area is 135 Å². The molecule has 0 saturated heterocycles. The van der Waals surface area contributed by atoms with E-state index < -0.39 is 16.9 Å². The van der Waals surface area contributed by atoms with Crippen LogP contribution >= 0.6 is 0 Å². The van der Waals surface area contributed by atoms with Gasteiger partial charge in [-0.3, -0.25) is 4.21 Å². The highest BCUT2D eigenvalue weighted by molar-refractivity contribution is 7.84. The molecule has 0 radical (unpaired) electrons. The molecule has 1 aromatic carbocycles. The molecule has 0 aliphatic heterocycles. The maximum absolute atomic E-state index is 11.9. The molecule has 0 aliphatic rings. The van der Waals surface area contributed by atoms with Crippen LogP contribution in [0.15, 0.2) is 30.3 Å². The zero-order chi connectivity index (χ0) is 16.6. The van der Waals surface area contributed by atoms with Crippen molar-refractivity contribution in [2.75, 3.05) is 18.8 Å². The fourth-order valence-electron chi connectivity index (χ4n) is 1.67. The largest absolute Gasteiger partial charge is 0.391 e. The van der Waals surface area contributed by atoms with Crippen molar-refractivity contribution in [1.82, 2.24) is 10.6 Å². The molecule has 22 heavy (non-hydrogen) atoms. The SMILES string of the molecule is CC(C)(C)C(O)CNC(=O)NCCS(=O)Cc1ccccc1. The summed E-state index contributed by atoms with van der Waals surface area (Å²) in [5, 5.41) is 15.1. The van der Waals surface area contributed by atoms with Crippen LogP contribution in [-0.2, 0) is 16.6 Å². The molecule has 0 aromatic heterocycles. The number of nitrogens with one attached hydrogen (secondary N) is 2. The zero-order valence-corrected chi connectivity index (χ0v) is 14.3. The Kier molecular flexibility index (Phi) is 7.55. The first-order valence-electron chi connectivity index (χ1n) is 7.37. The summed E-state index contributed by atoms with van der Waals surface area (Å²) in [5.74, 6) is 0.900. The monoisotopic (exact) mass is 326 g/mol. The Morgan fingerprint density at radius 1 is 1.23 bits per heavy atom. The van der Waals surface area contributed by atoms with Gasteiger partial charge in [0.25, 0.3) is 0 Å². The highest BCUT2D eigenvalue weighted by Gasteiger charge is 2.22. The third-order valence-electron chi connectivity index (χ3n) is 3.24. The molecule has 0 spiro atoms. The predicted molar refractivity (Wildman–Crippen MR) is 90.0 cm³/mol. The average Bonchev–Trinajstić information content (AvgIpc) is 2.44. The number of aliphatic hydroxyl groups excluding tert-OH is 1. The van der Waals surface area contributed by atoms with Crippen molar-refractivity contribution in [2.45, 2.75) is 32.6 Å².